The molecule has 2 aromatic rings. The lowest BCUT2D eigenvalue weighted by Gasteiger charge is -2.31. The van der Waals surface area contributed by atoms with Crippen molar-refractivity contribution in [1.82, 2.24) is 25.1 Å². The summed E-state index contributed by atoms with van der Waals surface area (Å²) in [4.78, 5) is 57.2. The van der Waals surface area contributed by atoms with E-state index < -0.39 is 52.3 Å². The van der Waals surface area contributed by atoms with Crippen LogP contribution in [-0.2, 0) is 28.2 Å². The monoisotopic (exact) mass is 515 g/mol. The number of fused-ring (bicyclic) bond motifs is 4. The quantitative estimate of drug-likeness (QED) is 0.523. The Morgan fingerprint density at radius 3 is 2.59 bits per heavy atom. The Morgan fingerprint density at radius 2 is 1.89 bits per heavy atom. The standard InChI is InChI=1S/C25H27F2N5O5/c26-16-3-1-15(2-4-16)12-28-20(34)18-19(33)22(36)32-10-6-14-5-8-25(11-14,24(32)29-18)30-21(35)23(37)31-9-7-17(27)13-31/h1-4,14,17,33H,5-13H2,(H,28,34)(H,30,35)/t14-,17+,25+/m0/s1. The third-order valence-electron chi connectivity index (χ3n) is 7.50. The van der Waals surface area contributed by atoms with Crippen molar-refractivity contribution >= 4 is 17.7 Å². The lowest BCUT2D eigenvalue weighted by molar-refractivity contribution is -0.146. The predicted molar refractivity (Wildman–Crippen MR) is 126 cm³/mol. The number of benzene rings is 1. The zero-order chi connectivity index (χ0) is 26.3. The summed E-state index contributed by atoms with van der Waals surface area (Å²) in [7, 11) is 0. The molecule has 3 aliphatic rings. The molecule has 2 fully saturated rings. The first kappa shape index (κ1) is 24.8. The summed E-state index contributed by atoms with van der Waals surface area (Å²) in [5.41, 5.74) is -1.91. The third kappa shape index (κ3) is 4.67. The molecular weight excluding hydrogens is 488 g/mol. The highest BCUT2D eigenvalue weighted by Gasteiger charge is 2.48. The zero-order valence-electron chi connectivity index (χ0n) is 20.0. The Kier molecular flexibility index (Phi) is 6.42. The average Bonchev–Trinajstić information content (AvgIpc) is 3.46. The molecule has 0 spiro atoms. The molecule has 1 saturated heterocycles. The van der Waals surface area contributed by atoms with Crippen LogP contribution in [0, 0.1) is 11.7 Å². The predicted octanol–water partition coefficient (Wildman–Crippen LogP) is 1.10. The molecule has 0 unspecified atom stereocenters. The smallest absolute Gasteiger partial charge is 0.312 e. The summed E-state index contributed by atoms with van der Waals surface area (Å²) in [6, 6.07) is 5.46. The van der Waals surface area contributed by atoms with E-state index in [-0.39, 0.29) is 44.3 Å². The van der Waals surface area contributed by atoms with Gasteiger partial charge in [-0.25, -0.2) is 13.8 Å². The highest BCUT2D eigenvalue weighted by molar-refractivity contribution is 6.35. The van der Waals surface area contributed by atoms with Crippen molar-refractivity contribution in [3.8, 4) is 5.75 Å². The minimum absolute atomic E-state index is 0.00249. The van der Waals surface area contributed by atoms with Crippen molar-refractivity contribution < 1.29 is 28.3 Å². The number of rotatable bonds is 4. The maximum absolute atomic E-state index is 13.6. The molecule has 196 valence electrons. The Morgan fingerprint density at radius 1 is 1.14 bits per heavy atom. The average molecular weight is 516 g/mol. The molecule has 3 N–H and O–H groups in total. The van der Waals surface area contributed by atoms with E-state index in [0.29, 0.717) is 31.2 Å². The SMILES string of the molecule is O=C(N[C@@]12CC[C@@H](CCn3c1nc(C(=O)NCc1ccc(F)cc1)c(O)c3=O)C2)C(=O)N1CC[C@@H](F)C1. The fraction of sp³-hybridized carbons (Fsp3) is 0.480. The van der Waals surface area contributed by atoms with Crippen molar-refractivity contribution in [3.63, 3.8) is 0 Å². The summed E-state index contributed by atoms with van der Waals surface area (Å²) in [6.07, 6.45) is 1.10. The van der Waals surface area contributed by atoms with Gasteiger partial charge in [-0.1, -0.05) is 12.1 Å². The van der Waals surface area contributed by atoms with Crippen LogP contribution in [-0.4, -0.2) is 56.5 Å². The van der Waals surface area contributed by atoms with Gasteiger partial charge in [0.1, 0.15) is 17.8 Å². The van der Waals surface area contributed by atoms with Crippen molar-refractivity contribution in [3.05, 3.63) is 57.5 Å². The number of nitrogens with zero attached hydrogens (tertiary/aromatic N) is 3. The number of hydrogen-bond donors (Lipinski definition) is 3. The molecular formula is C25H27F2N5O5. The van der Waals surface area contributed by atoms with Crippen molar-refractivity contribution in [2.45, 2.75) is 56.9 Å². The van der Waals surface area contributed by atoms with Crippen molar-refractivity contribution in [2.75, 3.05) is 13.1 Å². The van der Waals surface area contributed by atoms with E-state index in [4.69, 9.17) is 0 Å². The van der Waals surface area contributed by atoms with Gasteiger partial charge in [0.15, 0.2) is 5.69 Å². The maximum Gasteiger partial charge on any atom is 0.312 e. The molecule has 37 heavy (non-hydrogen) atoms. The molecule has 3 heterocycles. The first-order chi connectivity index (χ1) is 17.7. The van der Waals surface area contributed by atoms with E-state index >= 15 is 0 Å². The molecule has 1 aromatic heterocycles. The third-order valence-corrected chi connectivity index (χ3v) is 7.50. The number of carbonyl (C=O) groups is 3. The fourth-order valence-electron chi connectivity index (χ4n) is 5.54. The number of carbonyl (C=O) groups excluding carboxylic acids is 3. The molecule has 1 aromatic carbocycles. The molecule has 0 radical (unpaired) electrons. The summed E-state index contributed by atoms with van der Waals surface area (Å²) >= 11 is 0. The molecule has 2 aliphatic heterocycles. The number of aromatic nitrogens is 2. The van der Waals surface area contributed by atoms with Crippen LogP contribution >= 0.6 is 0 Å². The molecule has 3 amide bonds. The van der Waals surface area contributed by atoms with Crippen LogP contribution in [0.15, 0.2) is 29.1 Å². The highest BCUT2D eigenvalue weighted by Crippen LogP contribution is 2.45. The molecule has 5 rings (SSSR count). The van der Waals surface area contributed by atoms with E-state index in [9.17, 15) is 33.1 Å². The summed E-state index contributed by atoms with van der Waals surface area (Å²) in [5.74, 6) is -3.60. The van der Waals surface area contributed by atoms with Gasteiger partial charge in [-0.2, -0.15) is 0 Å². The number of alkyl halides is 1. The van der Waals surface area contributed by atoms with E-state index in [0.717, 1.165) is 4.90 Å². The van der Waals surface area contributed by atoms with Gasteiger partial charge in [0.2, 0.25) is 5.75 Å². The Hall–Kier alpha value is -3.83. The number of halogens is 2. The number of aromatic hydroxyl groups is 1. The molecule has 2 bridgehead atoms. The Bertz CT molecular complexity index is 1310. The molecule has 12 heteroatoms. The Labute approximate surface area is 210 Å². The number of hydrogen-bond acceptors (Lipinski definition) is 6. The van der Waals surface area contributed by atoms with Gasteiger partial charge < -0.3 is 20.6 Å². The van der Waals surface area contributed by atoms with Crippen LogP contribution in [0.1, 0.15) is 54.0 Å². The minimum Gasteiger partial charge on any atom is -0.501 e. The zero-order valence-corrected chi connectivity index (χ0v) is 20.0. The molecule has 1 saturated carbocycles. The van der Waals surface area contributed by atoms with Crippen LogP contribution in [0.4, 0.5) is 8.78 Å². The van der Waals surface area contributed by atoms with Gasteiger partial charge in [0.05, 0.1) is 12.1 Å². The fourth-order valence-corrected chi connectivity index (χ4v) is 5.54. The van der Waals surface area contributed by atoms with E-state index in [1.54, 1.807) is 0 Å². The van der Waals surface area contributed by atoms with Crippen LogP contribution in [0.5, 0.6) is 5.75 Å². The molecule has 3 atom stereocenters. The van der Waals surface area contributed by atoms with Crippen molar-refractivity contribution in [1.29, 1.82) is 0 Å². The second-order valence-electron chi connectivity index (χ2n) is 9.97. The van der Waals surface area contributed by atoms with E-state index in [1.165, 1.54) is 28.8 Å². The number of nitrogens with one attached hydrogen (secondary N) is 2. The summed E-state index contributed by atoms with van der Waals surface area (Å²) < 4.78 is 28.0. The topological polar surface area (TPSA) is 134 Å². The van der Waals surface area contributed by atoms with Gasteiger partial charge in [0.25, 0.3) is 11.5 Å². The lowest BCUT2D eigenvalue weighted by Crippen LogP contribution is -2.53. The molecule has 10 nitrogen and oxygen atoms in total. The first-order valence-corrected chi connectivity index (χ1v) is 12.3. The van der Waals surface area contributed by atoms with Crippen LogP contribution in [0.25, 0.3) is 0 Å². The largest absolute Gasteiger partial charge is 0.501 e. The van der Waals surface area contributed by atoms with E-state index in [2.05, 4.69) is 15.6 Å². The number of likely N-dealkylation sites (tertiary alicyclic amines) is 1. The lowest BCUT2D eigenvalue weighted by atomic mass is 9.94. The van der Waals surface area contributed by atoms with Crippen LogP contribution in [0.2, 0.25) is 0 Å². The normalized spacial score (nSPS) is 24.3. The Balaban J connectivity index is 1.45. The minimum atomic E-state index is -1.19. The molecule has 1 aliphatic carbocycles. The highest BCUT2D eigenvalue weighted by atomic mass is 19.1. The number of amides is 3. The first-order valence-electron chi connectivity index (χ1n) is 12.3. The van der Waals surface area contributed by atoms with Gasteiger partial charge in [-0.3, -0.25) is 23.7 Å². The van der Waals surface area contributed by atoms with Gasteiger partial charge in [0, 0.05) is 19.6 Å². The second kappa shape index (κ2) is 9.56. The van der Waals surface area contributed by atoms with Crippen LogP contribution < -0.4 is 16.2 Å². The van der Waals surface area contributed by atoms with Gasteiger partial charge in [-0.15, -0.1) is 0 Å². The van der Waals surface area contributed by atoms with Gasteiger partial charge >= 0.3 is 11.8 Å². The van der Waals surface area contributed by atoms with Crippen LogP contribution in [0.3, 0.4) is 0 Å². The second-order valence-corrected chi connectivity index (χ2v) is 9.97. The van der Waals surface area contributed by atoms with Gasteiger partial charge in [-0.05, 0) is 55.7 Å². The van der Waals surface area contributed by atoms with Crippen molar-refractivity contribution in [2.24, 2.45) is 5.92 Å². The summed E-state index contributed by atoms with van der Waals surface area (Å²) in [6.45, 7) is 0.229. The van der Waals surface area contributed by atoms with E-state index in [1.807, 2.05) is 0 Å². The summed E-state index contributed by atoms with van der Waals surface area (Å²) in [5, 5.41) is 15.9. The maximum atomic E-state index is 13.6.